The van der Waals surface area contributed by atoms with E-state index in [1.807, 2.05) is 11.3 Å². The largest absolute Gasteiger partial charge is 0.348 e. The minimum atomic E-state index is 0.929. The first kappa shape index (κ1) is 15.3. The number of nitrogens with one attached hydrogen (secondary N) is 1. The smallest absolute Gasteiger partial charge is 0.185 e. The van der Waals surface area contributed by atoms with Gasteiger partial charge in [0.05, 0.1) is 5.69 Å². The first-order valence-corrected chi connectivity index (χ1v) is 9.57. The first-order valence-electron chi connectivity index (χ1n) is 8.76. The molecule has 4 heteroatoms. The van der Waals surface area contributed by atoms with Crippen LogP contribution in [0.15, 0.2) is 0 Å². The van der Waals surface area contributed by atoms with E-state index in [9.17, 15) is 0 Å². The number of rotatable bonds is 5. The van der Waals surface area contributed by atoms with Crippen molar-refractivity contribution in [3.63, 3.8) is 0 Å². The molecule has 118 valence electrons. The third kappa shape index (κ3) is 3.42. The monoisotopic (exact) mass is 307 g/mol. The molecule has 1 N–H and O–H groups in total. The van der Waals surface area contributed by atoms with Gasteiger partial charge < -0.3 is 10.2 Å². The Labute approximate surface area is 133 Å². The van der Waals surface area contributed by atoms with Crippen LogP contribution >= 0.6 is 11.3 Å². The summed E-state index contributed by atoms with van der Waals surface area (Å²) in [6.45, 7) is 8.88. The van der Waals surface area contributed by atoms with Crippen molar-refractivity contribution in [1.29, 1.82) is 0 Å². The van der Waals surface area contributed by atoms with Crippen LogP contribution in [0.5, 0.6) is 0 Å². The van der Waals surface area contributed by atoms with E-state index >= 15 is 0 Å². The molecule has 2 aliphatic rings. The molecule has 1 aromatic rings. The van der Waals surface area contributed by atoms with Crippen LogP contribution < -0.4 is 10.2 Å². The zero-order chi connectivity index (χ0) is 14.7. The van der Waals surface area contributed by atoms with Gasteiger partial charge in [0.15, 0.2) is 5.13 Å². The molecule has 2 unspecified atom stereocenters. The second kappa shape index (κ2) is 7.10. The maximum atomic E-state index is 4.95. The van der Waals surface area contributed by atoms with E-state index in [0.717, 1.165) is 31.3 Å². The molecule has 0 amide bonds. The Balaban J connectivity index is 1.70. The molecule has 1 aliphatic heterocycles. The second-order valence-electron chi connectivity index (χ2n) is 6.54. The molecule has 21 heavy (non-hydrogen) atoms. The van der Waals surface area contributed by atoms with Crippen LogP contribution in [0, 0.1) is 11.8 Å². The second-order valence-corrected chi connectivity index (χ2v) is 7.60. The van der Waals surface area contributed by atoms with E-state index in [4.69, 9.17) is 4.98 Å². The third-order valence-electron chi connectivity index (χ3n) is 5.20. The fourth-order valence-corrected chi connectivity index (χ4v) is 5.09. The van der Waals surface area contributed by atoms with Crippen molar-refractivity contribution in [2.75, 3.05) is 24.5 Å². The first-order chi connectivity index (χ1) is 10.3. The number of aryl methyl sites for hydroxylation is 1. The quantitative estimate of drug-likeness (QED) is 0.896. The number of fused-ring (bicyclic) bond motifs is 1. The Morgan fingerprint density at radius 3 is 2.76 bits per heavy atom. The van der Waals surface area contributed by atoms with Gasteiger partial charge in [0.1, 0.15) is 0 Å². The lowest BCUT2D eigenvalue weighted by molar-refractivity contribution is 0.202. The number of piperidine rings is 1. The Morgan fingerprint density at radius 2 is 2.00 bits per heavy atom. The lowest BCUT2D eigenvalue weighted by Gasteiger charge is -2.41. The maximum absolute atomic E-state index is 4.95. The highest BCUT2D eigenvalue weighted by atomic mass is 32.1. The number of hydrogen-bond donors (Lipinski definition) is 1. The molecule has 0 aromatic carbocycles. The minimum absolute atomic E-state index is 0.929. The summed E-state index contributed by atoms with van der Waals surface area (Å²) in [6.07, 6.45) is 8.26. The predicted molar refractivity (Wildman–Crippen MR) is 91.2 cm³/mol. The van der Waals surface area contributed by atoms with Crippen LogP contribution in [0.2, 0.25) is 0 Å². The third-order valence-corrected chi connectivity index (χ3v) is 6.36. The fourth-order valence-electron chi connectivity index (χ4n) is 3.93. The topological polar surface area (TPSA) is 28.2 Å². The average molecular weight is 308 g/mol. The van der Waals surface area contributed by atoms with Crippen molar-refractivity contribution >= 4 is 16.5 Å². The van der Waals surface area contributed by atoms with Gasteiger partial charge in [0.2, 0.25) is 0 Å². The van der Waals surface area contributed by atoms with Crippen LogP contribution in [-0.4, -0.2) is 24.6 Å². The Hall–Kier alpha value is -0.610. The summed E-state index contributed by atoms with van der Waals surface area (Å²) < 4.78 is 0. The van der Waals surface area contributed by atoms with Crippen molar-refractivity contribution in [3.05, 3.63) is 10.6 Å². The van der Waals surface area contributed by atoms with E-state index in [0.29, 0.717) is 0 Å². The van der Waals surface area contributed by atoms with E-state index in [1.165, 1.54) is 60.9 Å². The van der Waals surface area contributed by atoms with Gasteiger partial charge in [-0.3, -0.25) is 0 Å². The molecule has 1 saturated carbocycles. The molecule has 1 aromatic heterocycles. The highest BCUT2D eigenvalue weighted by Gasteiger charge is 2.32. The SMILES string of the molecule is CCNCc1sc(N2CCC3CCCCC3C2)nc1CC. The molecular weight excluding hydrogens is 278 g/mol. The zero-order valence-corrected chi connectivity index (χ0v) is 14.3. The van der Waals surface area contributed by atoms with Crippen molar-refractivity contribution in [3.8, 4) is 0 Å². The van der Waals surface area contributed by atoms with E-state index in [2.05, 4.69) is 24.1 Å². The molecule has 0 bridgehead atoms. The number of aromatic nitrogens is 1. The number of anilines is 1. The highest BCUT2D eigenvalue weighted by molar-refractivity contribution is 7.15. The summed E-state index contributed by atoms with van der Waals surface area (Å²) in [5.41, 5.74) is 1.31. The molecule has 0 radical (unpaired) electrons. The van der Waals surface area contributed by atoms with E-state index in [1.54, 1.807) is 0 Å². The van der Waals surface area contributed by atoms with Crippen LogP contribution in [0.3, 0.4) is 0 Å². The van der Waals surface area contributed by atoms with Crippen LogP contribution in [0.4, 0.5) is 5.13 Å². The van der Waals surface area contributed by atoms with Crippen LogP contribution in [-0.2, 0) is 13.0 Å². The molecule has 3 nitrogen and oxygen atoms in total. The molecule has 2 atom stereocenters. The van der Waals surface area contributed by atoms with Crippen molar-refractivity contribution in [2.24, 2.45) is 11.8 Å². The summed E-state index contributed by atoms with van der Waals surface area (Å²) in [6, 6.07) is 0. The van der Waals surface area contributed by atoms with E-state index in [-0.39, 0.29) is 0 Å². The zero-order valence-electron chi connectivity index (χ0n) is 13.5. The summed E-state index contributed by atoms with van der Waals surface area (Å²) in [7, 11) is 0. The fraction of sp³-hybridized carbons (Fsp3) is 0.824. The van der Waals surface area contributed by atoms with E-state index < -0.39 is 0 Å². The molecule has 0 spiro atoms. The van der Waals surface area contributed by atoms with Gasteiger partial charge in [-0.15, -0.1) is 11.3 Å². The summed E-state index contributed by atoms with van der Waals surface area (Å²) >= 11 is 1.92. The van der Waals surface area contributed by atoms with Crippen molar-refractivity contribution in [2.45, 2.75) is 58.9 Å². The van der Waals surface area contributed by atoms with Gasteiger partial charge in [-0.25, -0.2) is 4.98 Å². The number of nitrogens with zero attached hydrogens (tertiary/aromatic N) is 2. The molecule has 1 aliphatic carbocycles. The molecular formula is C17H29N3S. The van der Waals surface area contributed by atoms with Crippen LogP contribution in [0.1, 0.15) is 56.5 Å². The van der Waals surface area contributed by atoms with Crippen molar-refractivity contribution in [1.82, 2.24) is 10.3 Å². The van der Waals surface area contributed by atoms with Crippen LogP contribution in [0.25, 0.3) is 0 Å². The van der Waals surface area contributed by atoms with Crippen molar-refractivity contribution < 1.29 is 0 Å². The lowest BCUT2D eigenvalue weighted by atomic mass is 9.75. The lowest BCUT2D eigenvalue weighted by Crippen LogP contribution is -2.41. The minimum Gasteiger partial charge on any atom is -0.348 e. The standard InChI is InChI=1S/C17H29N3S/c1-3-15-16(11-18-4-2)21-17(19-15)20-10-9-13-7-5-6-8-14(13)12-20/h13-14,18H,3-12H2,1-2H3. The Bertz CT molecular complexity index is 457. The van der Waals surface area contributed by atoms with Gasteiger partial charge in [-0.05, 0) is 37.6 Å². The number of thiazole rings is 1. The van der Waals surface area contributed by atoms with Gasteiger partial charge >= 0.3 is 0 Å². The summed E-state index contributed by atoms with van der Waals surface area (Å²) in [5.74, 6) is 1.93. The van der Waals surface area contributed by atoms with Gasteiger partial charge in [0, 0.05) is 24.5 Å². The number of hydrogen-bond acceptors (Lipinski definition) is 4. The maximum Gasteiger partial charge on any atom is 0.185 e. The molecule has 1 saturated heterocycles. The molecule has 3 rings (SSSR count). The Kier molecular flexibility index (Phi) is 5.17. The highest BCUT2D eigenvalue weighted by Crippen LogP contribution is 2.38. The predicted octanol–water partition coefficient (Wildman–Crippen LogP) is 3.83. The van der Waals surface area contributed by atoms with Gasteiger partial charge in [-0.2, -0.15) is 0 Å². The molecule has 2 heterocycles. The average Bonchev–Trinajstić information content (AvgIpc) is 2.95. The Morgan fingerprint density at radius 1 is 1.19 bits per heavy atom. The van der Waals surface area contributed by atoms with Gasteiger partial charge in [-0.1, -0.05) is 33.1 Å². The normalized spacial score (nSPS) is 25.9. The van der Waals surface area contributed by atoms with Gasteiger partial charge in [0.25, 0.3) is 0 Å². The summed E-state index contributed by atoms with van der Waals surface area (Å²) in [4.78, 5) is 8.97. The summed E-state index contributed by atoms with van der Waals surface area (Å²) in [5, 5.41) is 4.73. The molecule has 2 fully saturated rings.